The van der Waals surface area contributed by atoms with Crippen molar-refractivity contribution in [1.29, 1.82) is 0 Å². The molecule has 0 radical (unpaired) electrons. The number of hydrogen-bond acceptors (Lipinski definition) is 4. The standard InChI is InChI=1S/C17H16O4/c1-20-16-11-13(8-10-17(18)19)7-9-15(16)21-12-14-5-3-2-4-6-14/h2-11H,12H2,1H3,(H,18,19)/p-1/b10-8+. The Morgan fingerprint density at radius 1 is 1.14 bits per heavy atom. The maximum absolute atomic E-state index is 10.4. The van der Waals surface area contributed by atoms with Gasteiger partial charge in [0.25, 0.3) is 0 Å². The van der Waals surface area contributed by atoms with Gasteiger partial charge in [-0.1, -0.05) is 42.5 Å². The number of carboxylic acid groups (broad SMARTS) is 1. The summed E-state index contributed by atoms with van der Waals surface area (Å²) in [4.78, 5) is 10.4. The van der Waals surface area contributed by atoms with Gasteiger partial charge in [0.2, 0.25) is 0 Å². The first-order valence-corrected chi connectivity index (χ1v) is 6.43. The van der Waals surface area contributed by atoms with E-state index in [9.17, 15) is 9.90 Å². The Balaban J connectivity index is 2.11. The summed E-state index contributed by atoms with van der Waals surface area (Å²) in [5.41, 5.74) is 1.75. The van der Waals surface area contributed by atoms with Crippen LogP contribution < -0.4 is 14.6 Å². The van der Waals surface area contributed by atoms with Crippen LogP contribution in [0.5, 0.6) is 11.5 Å². The van der Waals surface area contributed by atoms with Gasteiger partial charge in [0.1, 0.15) is 6.61 Å². The molecule has 0 aliphatic heterocycles. The van der Waals surface area contributed by atoms with E-state index in [0.29, 0.717) is 23.7 Å². The highest BCUT2D eigenvalue weighted by atomic mass is 16.5. The van der Waals surface area contributed by atoms with E-state index < -0.39 is 5.97 Å². The maximum atomic E-state index is 10.4. The number of benzene rings is 2. The van der Waals surface area contributed by atoms with Crippen molar-refractivity contribution in [2.75, 3.05) is 7.11 Å². The number of hydrogen-bond donors (Lipinski definition) is 0. The van der Waals surface area contributed by atoms with Crippen molar-refractivity contribution in [3.8, 4) is 11.5 Å². The van der Waals surface area contributed by atoms with Crippen LogP contribution in [0.1, 0.15) is 11.1 Å². The molecular formula is C17H15O4-. The zero-order valence-electron chi connectivity index (χ0n) is 11.6. The van der Waals surface area contributed by atoms with E-state index in [0.717, 1.165) is 11.6 Å². The van der Waals surface area contributed by atoms with Crippen LogP contribution in [0.2, 0.25) is 0 Å². The molecule has 2 aromatic carbocycles. The molecule has 4 nitrogen and oxygen atoms in total. The Labute approximate surface area is 123 Å². The van der Waals surface area contributed by atoms with E-state index in [1.54, 1.807) is 18.2 Å². The quantitative estimate of drug-likeness (QED) is 0.761. The summed E-state index contributed by atoms with van der Waals surface area (Å²) in [6, 6.07) is 15.0. The van der Waals surface area contributed by atoms with Crippen molar-refractivity contribution >= 4 is 12.0 Å². The molecule has 0 heterocycles. The van der Waals surface area contributed by atoms with Gasteiger partial charge in [0.05, 0.1) is 13.1 Å². The van der Waals surface area contributed by atoms with Crippen molar-refractivity contribution in [2.24, 2.45) is 0 Å². The van der Waals surface area contributed by atoms with Crippen LogP contribution in [0.25, 0.3) is 6.08 Å². The highest BCUT2D eigenvalue weighted by Crippen LogP contribution is 2.29. The average molecular weight is 283 g/mol. The molecule has 0 spiro atoms. The van der Waals surface area contributed by atoms with Gasteiger partial charge in [0.15, 0.2) is 11.5 Å². The normalized spacial score (nSPS) is 10.5. The van der Waals surface area contributed by atoms with Gasteiger partial charge in [-0.2, -0.15) is 0 Å². The number of ether oxygens (including phenoxy) is 2. The molecule has 2 aromatic rings. The predicted molar refractivity (Wildman–Crippen MR) is 77.8 cm³/mol. The smallest absolute Gasteiger partial charge is 0.161 e. The van der Waals surface area contributed by atoms with Crippen LogP contribution in [0, 0.1) is 0 Å². The molecule has 0 aliphatic carbocycles. The molecule has 0 amide bonds. The minimum absolute atomic E-state index is 0.436. The lowest BCUT2D eigenvalue weighted by Gasteiger charge is -2.11. The van der Waals surface area contributed by atoms with Crippen molar-refractivity contribution in [2.45, 2.75) is 6.61 Å². The van der Waals surface area contributed by atoms with Gasteiger partial charge in [0, 0.05) is 0 Å². The fourth-order valence-corrected chi connectivity index (χ4v) is 1.81. The summed E-state index contributed by atoms with van der Waals surface area (Å²) in [5.74, 6) is -0.0863. The van der Waals surface area contributed by atoms with Gasteiger partial charge in [-0.15, -0.1) is 0 Å². The second-order valence-corrected chi connectivity index (χ2v) is 4.34. The lowest BCUT2D eigenvalue weighted by molar-refractivity contribution is -0.297. The van der Waals surface area contributed by atoms with Crippen molar-refractivity contribution in [1.82, 2.24) is 0 Å². The predicted octanol–water partition coefficient (Wildman–Crippen LogP) is 2.04. The Hall–Kier alpha value is -2.75. The number of methoxy groups -OCH3 is 1. The topological polar surface area (TPSA) is 58.6 Å². The third-order valence-corrected chi connectivity index (χ3v) is 2.84. The van der Waals surface area contributed by atoms with Gasteiger partial charge in [-0.25, -0.2) is 0 Å². The summed E-state index contributed by atoms with van der Waals surface area (Å²) in [7, 11) is 1.54. The first kappa shape index (κ1) is 14.7. The van der Waals surface area contributed by atoms with Crippen molar-refractivity contribution in [3.63, 3.8) is 0 Å². The number of rotatable bonds is 6. The zero-order valence-corrected chi connectivity index (χ0v) is 11.6. The van der Waals surface area contributed by atoms with Crippen LogP contribution >= 0.6 is 0 Å². The van der Waals surface area contributed by atoms with E-state index >= 15 is 0 Å². The van der Waals surface area contributed by atoms with Crippen LogP contribution in [-0.4, -0.2) is 13.1 Å². The number of carboxylic acids is 1. The molecule has 0 atom stereocenters. The van der Waals surface area contributed by atoms with Gasteiger partial charge >= 0.3 is 0 Å². The van der Waals surface area contributed by atoms with E-state index in [2.05, 4.69) is 0 Å². The van der Waals surface area contributed by atoms with Crippen LogP contribution in [0.3, 0.4) is 0 Å². The molecule has 0 saturated carbocycles. The summed E-state index contributed by atoms with van der Waals surface area (Å²) < 4.78 is 11.0. The average Bonchev–Trinajstić information content (AvgIpc) is 2.52. The summed E-state index contributed by atoms with van der Waals surface area (Å²) >= 11 is 0. The van der Waals surface area contributed by atoms with Crippen LogP contribution in [0.4, 0.5) is 0 Å². The molecule has 0 N–H and O–H groups in total. The maximum Gasteiger partial charge on any atom is 0.161 e. The molecule has 0 aliphatic rings. The van der Waals surface area contributed by atoms with Crippen molar-refractivity contribution in [3.05, 3.63) is 65.7 Å². The fraction of sp³-hybridized carbons (Fsp3) is 0.118. The van der Waals surface area contributed by atoms with Gasteiger partial charge < -0.3 is 19.4 Å². The fourth-order valence-electron chi connectivity index (χ4n) is 1.81. The van der Waals surface area contributed by atoms with E-state index in [-0.39, 0.29) is 0 Å². The Bertz CT molecular complexity index is 632. The molecule has 0 bridgehead atoms. The number of carbonyl (C=O) groups excluding carboxylic acids is 1. The highest BCUT2D eigenvalue weighted by Gasteiger charge is 2.05. The number of carbonyl (C=O) groups is 1. The molecule has 0 saturated heterocycles. The molecule has 0 unspecified atom stereocenters. The lowest BCUT2D eigenvalue weighted by atomic mass is 10.2. The molecule has 21 heavy (non-hydrogen) atoms. The van der Waals surface area contributed by atoms with Crippen LogP contribution in [0.15, 0.2) is 54.6 Å². The molecular weight excluding hydrogens is 268 g/mol. The highest BCUT2D eigenvalue weighted by molar-refractivity contribution is 5.83. The first-order chi connectivity index (χ1) is 10.2. The largest absolute Gasteiger partial charge is 0.545 e. The summed E-state index contributed by atoms with van der Waals surface area (Å²) in [6.45, 7) is 0.436. The Morgan fingerprint density at radius 3 is 2.57 bits per heavy atom. The minimum atomic E-state index is -1.24. The molecule has 0 fully saturated rings. The van der Waals surface area contributed by atoms with Gasteiger partial charge in [-0.3, -0.25) is 0 Å². The monoisotopic (exact) mass is 283 g/mol. The van der Waals surface area contributed by atoms with Gasteiger partial charge in [-0.05, 0) is 29.3 Å². The third kappa shape index (κ3) is 4.38. The molecule has 108 valence electrons. The van der Waals surface area contributed by atoms with Crippen molar-refractivity contribution < 1.29 is 19.4 Å². The number of aliphatic carboxylic acids is 1. The first-order valence-electron chi connectivity index (χ1n) is 6.43. The minimum Gasteiger partial charge on any atom is -0.545 e. The SMILES string of the molecule is COc1cc(/C=C/C(=O)[O-])ccc1OCc1ccccc1. The lowest BCUT2D eigenvalue weighted by Crippen LogP contribution is -2.18. The van der Waals surface area contributed by atoms with E-state index in [4.69, 9.17) is 9.47 Å². The van der Waals surface area contributed by atoms with Crippen LogP contribution in [-0.2, 0) is 11.4 Å². The van der Waals surface area contributed by atoms with E-state index in [1.807, 2.05) is 30.3 Å². The third-order valence-electron chi connectivity index (χ3n) is 2.84. The Kier molecular flexibility index (Phi) is 4.99. The summed E-state index contributed by atoms with van der Waals surface area (Å²) in [6.07, 6.45) is 2.41. The van der Waals surface area contributed by atoms with E-state index in [1.165, 1.54) is 13.2 Å². The molecule has 2 rings (SSSR count). The zero-order chi connectivity index (χ0) is 15.1. The second-order valence-electron chi connectivity index (χ2n) is 4.34. The molecule has 0 aromatic heterocycles. The second kappa shape index (κ2) is 7.14. The molecule has 4 heteroatoms. The Morgan fingerprint density at radius 2 is 1.90 bits per heavy atom. The summed E-state index contributed by atoms with van der Waals surface area (Å²) in [5, 5.41) is 10.4.